The van der Waals surface area contributed by atoms with E-state index in [4.69, 9.17) is 4.74 Å². The Labute approximate surface area is 130 Å². The summed E-state index contributed by atoms with van der Waals surface area (Å²) >= 11 is 0. The van der Waals surface area contributed by atoms with E-state index in [0.29, 0.717) is 12.1 Å². The SMILES string of the molecule is CCNC(CCC1CCCO1)c1ccc(C(C)(C)C)cc1. The predicted octanol–water partition coefficient (Wildman–Crippen LogP) is 4.59. The van der Waals surface area contributed by atoms with Crippen molar-refractivity contribution in [2.75, 3.05) is 13.2 Å². The molecule has 1 fully saturated rings. The molecule has 2 nitrogen and oxygen atoms in total. The predicted molar refractivity (Wildman–Crippen MR) is 89.8 cm³/mol. The molecule has 2 atom stereocenters. The van der Waals surface area contributed by atoms with Crippen molar-refractivity contribution in [3.05, 3.63) is 35.4 Å². The molecule has 1 saturated heterocycles. The van der Waals surface area contributed by atoms with Crippen LogP contribution in [0, 0.1) is 0 Å². The molecule has 0 amide bonds. The molecule has 0 saturated carbocycles. The molecular weight excluding hydrogens is 258 g/mol. The summed E-state index contributed by atoms with van der Waals surface area (Å²) in [4.78, 5) is 0. The molecule has 1 heterocycles. The monoisotopic (exact) mass is 289 g/mol. The number of nitrogens with one attached hydrogen (secondary N) is 1. The van der Waals surface area contributed by atoms with Crippen LogP contribution in [0.5, 0.6) is 0 Å². The van der Waals surface area contributed by atoms with Crippen molar-refractivity contribution in [1.29, 1.82) is 0 Å². The van der Waals surface area contributed by atoms with Gasteiger partial charge in [-0.25, -0.2) is 0 Å². The lowest BCUT2D eigenvalue weighted by molar-refractivity contribution is 0.0996. The fraction of sp³-hybridized carbons (Fsp3) is 0.684. The van der Waals surface area contributed by atoms with Crippen LogP contribution in [0.3, 0.4) is 0 Å². The number of ether oxygens (including phenoxy) is 1. The van der Waals surface area contributed by atoms with Gasteiger partial charge in [-0.1, -0.05) is 52.0 Å². The minimum absolute atomic E-state index is 0.226. The van der Waals surface area contributed by atoms with Gasteiger partial charge in [-0.05, 0) is 48.8 Å². The zero-order valence-corrected chi connectivity index (χ0v) is 14.1. The first kappa shape index (κ1) is 16.5. The second kappa shape index (κ2) is 7.42. The molecule has 1 aliphatic rings. The van der Waals surface area contributed by atoms with Crippen LogP contribution in [0.1, 0.15) is 70.5 Å². The highest BCUT2D eigenvalue weighted by Gasteiger charge is 2.19. The molecule has 0 aliphatic carbocycles. The summed E-state index contributed by atoms with van der Waals surface area (Å²) in [7, 11) is 0. The highest BCUT2D eigenvalue weighted by molar-refractivity contribution is 5.29. The summed E-state index contributed by atoms with van der Waals surface area (Å²) in [5.74, 6) is 0. The Hall–Kier alpha value is -0.860. The van der Waals surface area contributed by atoms with Gasteiger partial charge in [0.1, 0.15) is 0 Å². The maximum absolute atomic E-state index is 5.75. The van der Waals surface area contributed by atoms with E-state index in [0.717, 1.165) is 19.6 Å². The summed E-state index contributed by atoms with van der Waals surface area (Å²) in [5, 5.41) is 3.63. The molecule has 118 valence electrons. The van der Waals surface area contributed by atoms with Crippen molar-refractivity contribution in [2.24, 2.45) is 0 Å². The minimum atomic E-state index is 0.226. The Balaban J connectivity index is 1.99. The summed E-state index contributed by atoms with van der Waals surface area (Å²) in [6.45, 7) is 10.9. The molecule has 2 heteroatoms. The summed E-state index contributed by atoms with van der Waals surface area (Å²) < 4.78 is 5.75. The topological polar surface area (TPSA) is 21.3 Å². The molecule has 2 unspecified atom stereocenters. The Morgan fingerprint density at radius 2 is 1.95 bits per heavy atom. The second-order valence-corrected chi connectivity index (χ2v) is 7.19. The zero-order chi connectivity index (χ0) is 15.3. The highest BCUT2D eigenvalue weighted by Crippen LogP contribution is 2.27. The van der Waals surface area contributed by atoms with Crippen LogP contribution >= 0.6 is 0 Å². The van der Waals surface area contributed by atoms with Gasteiger partial charge >= 0.3 is 0 Å². The Kier molecular flexibility index (Phi) is 5.83. The summed E-state index contributed by atoms with van der Waals surface area (Å²) in [6.07, 6.45) is 5.28. The van der Waals surface area contributed by atoms with Gasteiger partial charge < -0.3 is 10.1 Å². The zero-order valence-electron chi connectivity index (χ0n) is 14.1. The van der Waals surface area contributed by atoms with E-state index in [1.165, 1.54) is 30.4 Å². The molecule has 1 aromatic carbocycles. The van der Waals surface area contributed by atoms with Crippen LogP contribution in [-0.2, 0) is 10.2 Å². The first-order chi connectivity index (χ1) is 10.0. The third-order valence-electron chi connectivity index (χ3n) is 4.43. The molecule has 2 rings (SSSR count). The lowest BCUT2D eigenvalue weighted by Gasteiger charge is -2.23. The van der Waals surface area contributed by atoms with Crippen LogP contribution in [0.15, 0.2) is 24.3 Å². The van der Waals surface area contributed by atoms with Crippen LogP contribution < -0.4 is 5.32 Å². The molecular formula is C19H31NO. The van der Waals surface area contributed by atoms with Gasteiger partial charge in [0.25, 0.3) is 0 Å². The third-order valence-corrected chi connectivity index (χ3v) is 4.43. The van der Waals surface area contributed by atoms with Gasteiger partial charge in [-0.15, -0.1) is 0 Å². The maximum atomic E-state index is 5.75. The first-order valence-electron chi connectivity index (χ1n) is 8.46. The van der Waals surface area contributed by atoms with Crippen molar-refractivity contribution in [1.82, 2.24) is 5.32 Å². The number of hydrogen-bond acceptors (Lipinski definition) is 2. The Bertz CT molecular complexity index is 412. The van der Waals surface area contributed by atoms with Crippen molar-refractivity contribution < 1.29 is 4.74 Å². The van der Waals surface area contributed by atoms with Gasteiger partial charge in [-0.3, -0.25) is 0 Å². The number of hydrogen-bond donors (Lipinski definition) is 1. The van der Waals surface area contributed by atoms with E-state index in [1.807, 2.05) is 0 Å². The van der Waals surface area contributed by atoms with Crippen LogP contribution in [0.2, 0.25) is 0 Å². The van der Waals surface area contributed by atoms with E-state index in [-0.39, 0.29) is 5.41 Å². The first-order valence-corrected chi connectivity index (χ1v) is 8.46. The summed E-state index contributed by atoms with van der Waals surface area (Å²) in [5.41, 5.74) is 3.03. The molecule has 1 N–H and O–H groups in total. The van der Waals surface area contributed by atoms with Gasteiger partial charge in [0.15, 0.2) is 0 Å². The van der Waals surface area contributed by atoms with Gasteiger partial charge in [0, 0.05) is 12.6 Å². The molecule has 0 bridgehead atoms. The molecule has 0 aromatic heterocycles. The normalized spacial score (nSPS) is 20.7. The third kappa shape index (κ3) is 4.82. The van der Waals surface area contributed by atoms with Gasteiger partial charge in [0.05, 0.1) is 6.10 Å². The average Bonchev–Trinajstić information content (AvgIpc) is 2.96. The number of benzene rings is 1. The summed E-state index contributed by atoms with van der Waals surface area (Å²) in [6, 6.07) is 9.61. The number of rotatable bonds is 6. The lowest BCUT2D eigenvalue weighted by Crippen LogP contribution is -2.22. The fourth-order valence-electron chi connectivity index (χ4n) is 3.07. The van der Waals surface area contributed by atoms with E-state index < -0.39 is 0 Å². The largest absolute Gasteiger partial charge is 0.378 e. The smallest absolute Gasteiger partial charge is 0.0576 e. The van der Waals surface area contributed by atoms with E-state index >= 15 is 0 Å². The van der Waals surface area contributed by atoms with E-state index in [9.17, 15) is 0 Å². The lowest BCUT2D eigenvalue weighted by atomic mass is 9.86. The van der Waals surface area contributed by atoms with Crippen LogP contribution in [0.4, 0.5) is 0 Å². The average molecular weight is 289 g/mol. The molecule has 1 aromatic rings. The second-order valence-electron chi connectivity index (χ2n) is 7.19. The standard InChI is InChI=1S/C19H31NO/c1-5-20-18(13-12-17-7-6-14-21-17)15-8-10-16(11-9-15)19(2,3)4/h8-11,17-18,20H,5-7,12-14H2,1-4H3. The maximum Gasteiger partial charge on any atom is 0.0576 e. The molecule has 21 heavy (non-hydrogen) atoms. The Morgan fingerprint density at radius 3 is 2.48 bits per heavy atom. The van der Waals surface area contributed by atoms with Crippen molar-refractivity contribution >= 4 is 0 Å². The van der Waals surface area contributed by atoms with Crippen LogP contribution in [0.25, 0.3) is 0 Å². The minimum Gasteiger partial charge on any atom is -0.378 e. The van der Waals surface area contributed by atoms with Crippen molar-refractivity contribution in [3.8, 4) is 0 Å². The van der Waals surface area contributed by atoms with Crippen LogP contribution in [-0.4, -0.2) is 19.3 Å². The molecule has 1 aliphatic heterocycles. The molecule has 0 spiro atoms. The van der Waals surface area contributed by atoms with Crippen molar-refractivity contribution in [3.63, 3.8) is 0 Å². The van der Waals surface area contributed by atoms with Crippen molar-refractivity contribution in [2.45, 2.75) is 70.9 Å². The fourth-order valence-corrected chi connectivity index (χ4v) is 3.07. The molecule has 0 radical (unpaired) electrons. The van der Waals surface area contributed by atoms with E-state index in [2.05, 4.69) is 57.3 Å². The van der Waals surface area contributed by atoms with E-state index in [1.54, 1.807) is 0 Å². The van der Waals surface area contributed by atoms with Gasteiger partial charge in [0.2, 0.25) is 0 Å². The van der Waals surface area contributed by atoms with Gasteiger partial charge in [-0.2, -0.15) is 0 Å². The highest BCUT2D eigenvalue weighted by atomic mass is 16.5. The Morgan fingerprint density at radius 1 is 1.24 bits per heavy atom. The quantitative estimate of drug-likeness (QED) is 0.826.